The number of H-pyrrole nitrogens is 1. The summed E-state index contributed by atoms with van der Waals surface area (Å²) in [5.41, 5.74) is 3.18. The topological polar surface area (TPSA) is 91.0 Å². The molecule has 9 heteroatoms. The Labute approximate surface area is 227 Å². The van der Waals surface area contributed by atoms with Crippen LogP contribution in [0.1, 0.15) is 25.0 Å². The molecule has 4 heterocycles. The monoisotopic (exact) mass is 533 g/mol. The summed E-state index contributed by atoms with van der Waals surface area (Å²) in [4.78, 5) is 22.6. The van der Waals surface area contributed by atoms with Gasteiger partial charge in [-0.1, -0.05) is 18.2 Å². The minimum atomic E-state index is 0.121. The molecule has 3 aliphatic rings. The van der Waals surface area contributed by atoms with E-state index in [9.17, 15) is 4.79 Å². The lowest BCUT2D eigenvalue weighted by Crippen LogP contribution is -2.48. The predicted molar refractivity (Wildman–Crippen MR) is 154 cm³/mol. The molecule has 0 unspecified atom stereocenters. The molecule has 1 amide bonds. The van der Waals surface area contributed by atoms with Crippen molar-refractivity contribution in [3.63, 3.8) is 0 Å². The quantitative estimate of drug-likeness (QED) is 0.376. The number of nitrogens with one attached hydrogen (secondary N) is 3. The molecule has 8 nitrogen and oxygen atoms in total. The number of thioether (sulfide) groups is 1. The van der Waals surface area contributed by atoms with Gasteiger partial charge in [-0.15, -0.1) is 11.8 Å². The van der Waals surface area contributed by atoms with E-state index in [0.717, 1.165) is 103 Å². The van der Waals surface area contributed by atoms with E-state index in [0.29, 0.717) is 12.5 Å². The van der Waals surface area contributed by atoms with Crippen LogP contribution < -0.4 is 15.4 Å². The first kappa shape index (κ1) is 25.3. The van der Waals surface area contributed by atoms with Gasteiger partial charge in [0.1, 0.15) is 16.5 Å². The molecule has 2 saturated heterocycles. The minimum Gasteiger partial charge on any atom is -0.457 e. The number of benzene rings is 2. The van der Waals surface area contributed by atoms with E-state index in [-0.39, 0.29) is 11.9 Å². The maximum absolute atomic E-state index is 11.7. The van der Waals surface area contributed by atoms with Gasteiger partial charge in [0.05, 0.1) is 29.5 Å². The number of ether oxygens (including phenoxy) is 2. The molecule has 0 saturated carbocycles. The van der Waals surface area contributed by atoms with Crippen LogP contribution in [0.25, 0.3) is 10.9 Å². The number of anilines is 1. The van der Waals surface area contributed by atoms with Gasteiger partial charge in [-0.05, 0) is 49.4 Å². The molecule has 0 radical (unpaired) electrons. The number of carbonyl (C=O) groups excluding carboxylic acids is 1. The van der Waals surface area contributed by atoms with Crippen molar-refractivity contribution in [2.45, 2.75) is 25.3 Å². The standard InChI is InChI=1S/C29H35N5O3S/c35-27-18-34(11-9-30-27)10-6-22-19-38-29(32-22)26-15-21-14-24(37-23-4-2-1-3-5-23)16-25(28(21)33-26)31-17-20-7-12-36-13-8-20/h1-5,14-16,20,22,31,33H,6-13,17-19H2,(H,30,35)/t22-/m0/s1. The summed E-state index contributed by atoms with van der Waals surface area (Å²) in [7, 11) is 0. The Balaban J connectivity index is 1.20. The second-order valence-corrected chi connectivity index (χ2v) is 11.3. The third-order valence-corrected chi connectivity index (χ3v) is 8.59. The van der Waals surface area contributed by atoms with Crippen molar-refractivity contribution in [1.82, 2.24) is 15.2 Å². The number of para-hydroxylation sites is 1. The molecule has 2 aromatic carbocycles. The Kier molecular flexibility index (Phi) is 7.85. The zero-order chi connectivity index (χ0) is 25.7. The molecular weight excluding hydrogens is 498 g/mol. The Bertz CT molecular complexity index is 1290. The van der Waals surface area contributed by atoms with Crippen LogP contribution in [0.4, 0.5) is 5.69 Å². The Hall–Kier alpha value is -3.01. The summed E-state index contributed by atoms with van der Waals surface area (Å²) in [5, 5.41) is 8.76. The van der Waals surface area contributed by atoms with Gasteiger partial charge in [-0.2, -0.15) is 0 Å². The van der Waals surface area contributed by atoms with Crippen LogP contribution in [-0.4, -0.2) is 78.6 Å². The van der Waals surface area contributed by atoms with E-state index >= 15 is 0 Å². The molecule has 3 N–H and O–H groups in total. The van der Waals surface area contributed by atoms with Crippen molar-refractivity contribution in [3.8, 4) is 11.5 Å². The SMILES string of the molecule is O=C1CN(CC[C@H]2CSC(c3cc4cc(Oc5ccccc5)cc(NCC5CCOCC5)c4[nH]3)=N2)CCN1. The number of hydrogen-bond acceptors (Lipinski definition) is 7. The van der Waals surface area contributed by atoms with Crippen LogP contribution in [0.2, 0.25) is 0 Å². The summed E-state index contributed by atoms with van der Waals surface area (Å²) < 4.78 is 11.8. The molecule has 0 spiro atoms. The van der Waals surface area contributed by atoms with Gasteiger partial charge in [0, 0.05) is 56.6 Å². The summed E-state index contributed by atoms with van der Waals surface area (Å²) in [5.74, 6) is 3.34. The fourth-order valence-corrected chi connectivity index (χ4v) is 6.36. The van der Waals surface area contributed by atoms with Crippen molar-refractivity contribution >= 4 is 39.3 Å². The molecule has 2 fully saturated rings. The minimum absolute atomic E-state index is 0.121. The summed E-state index contributed by atoms with van der Waals surface area (Å²) in [6.07, 6.45) is 3.14. The number of carbonyl (C=O) groups is 1. The van der Waals surface area contributed by atoms with Crippen molar-refractivity contribution in [1.29, 1.82) is 0 Å². The van der Waals surface area contributed by atoms with Gasteiger partial charge >= 0.3 is 0 Å². The Morgan fingerprint density at radius 2 is 2.00 bits per heavy atom. The summed E-state index contributed by atoms with van der Waals surface area (Å²) in [6, 6.07) is 16.6. The normalized spacial score (nSPS) is 20.9. The number of aromatic nitrogens is 1. The molecule has 1 aromatic heterocycles. The van der Waals surface area contributed by atoms with E-state index in [1.165, 1.54) is 0 Å². The van der Waals surface area contributed by atoms with E-state index in [1.54, 1.807) is 0 Å². The van der Waals surface area contributed by atoms with Gasteiger partial charge < -0.3 is 25.1 Å². The number of nitrogens with zero attached hydrogens (tertiary/aromatic N) is 2. The summed E-state index contributed by atoms with van der Waals surface area (Å²) >= 11 is 1.81. The third-order valence-electron chi connectivity index (χ3n) is 7.44. The zero-order valence-electron chi connectivity index (χ0n) is 21.6. The van der Waals surface area contributed by atoms with Gasteiger partial charge in [0.25, 0.3) is 0 Å². The first-order valence-corrected chi connectivity index (χ1v) is 14.6. The predicted octanol–water partition coefficient (Wildman–Crippen LogP) is 4.48. The average molecular weight is 534 g/mol. The van der Waals surface area contributed by atoms with Gasteiger partial charge in [0.15, 0.2) is 0 Å². The number of piperazine rings is 1. The molecule has 0 aliphatic carbocycles. The third kappa shape index (κ3) is 6.17. The van der Waals surface area contributed by atoms with E-state index in [4.69, 9.17) is 14.5 Å². The van der Waals surface area contributed by atoms with Crippen LogP contribution in [0, 0.1) is 5.92 Å². The van der Waals surface area contributed by atoms with E-state index in [2.05, 4.69) is 38.7 Å². The van der Waals surface area contributed by atoms with Crippen molar-refractivity contribution in [2.24, 2.45) is 10.9 Å². The van der Waals surface area contributed by atoms with Crippen molar-refractivity contribution in [2.75, 3.05) is 57.0 Å². The first-order chi connectivity index (χ1) is 18.7. The molecule has 38 heavy (non-hydrogen) atoms. The Morgan fingerprint density at radius 3 is 2.84 bits per heavy atom. The molecule has 6 rings (SSSR count). The van der Waals surface area contributed by atoms with Crippen LogP contribution in [0.3, 0.4) is 0 Å². The smallest absolute Gasteiger partial charge is 0.234 e. The summed E-state index contributed by atoms with van der Waals surface area (Å²) in [6.45, 7) is 5.65. The molecule has 3 aliphatic heterocycles. The number of rotatable bonds is 9. The zero-order valence-corrected chi connectivity index (χ0v) is 22.4. The van der Waals surface area contributed by atoms with Gasteiger partial charge in [-0.25, -0.2) is 0 Å². The second-order valence-electron chi connectivity index (χ2n) is 10.3. The second kappa shape index (κ2) is 11.8. The van der Waals surface area contributed by atoms with Crippen LogP contribution in [-0.2, 0) is 9.53 Å². The van der Waals surface area contributed by atoms with Crippen molar-refractivity contribution < 1.29 is 14.3 Å². The number of hydrogen-bond donors (Lipinski definition) is 3. The van der Waals surface area contributed by atoms with Crippen LogP contribution >= 0.6 is 11.8 Å². The molecule has 1 atom stereocenters. The van der Waals surface area contributed by atoms with Crippen LogP contribution in [0.5, 0.6) is 11.5 Å². The van der Waals surface area contributed by atoms with Crippen LogP contribution in [0.15, 0.2) is 53.5 Å². The van der Waals surface area contributed by atoms with E-state index in [1.807, 2.05) is 42.1 Å². The first-order valence-electron chi connectivity index (χ1n) is 13.6. The lowest BCUT2D eigenvalue weighted by molar-refractivity contribution is -0.124. The lowest BCUT2D eigenvalue weighted by atomic mass is 10.0. The highest BCUT2D eigenvalue weighted by Gasteiger charge is 2.24. The largest absolute Gasteiger partial charge is 0.457 e. The molecular formula is C29H35N5O3S. The maximum Gasteiger partial charge on any atom is 0.234 e. The highest BCUT2D eigenvalue weighted by molar-refractivity contribution is 8.14. The maximum atomic E-state index is 11.7. The molecule has 200 valence electrons. The van der Waals surface area contributed by atoms with Crippen molar-refractivity contribution in [3.05, 3.63) is 54.2 Å². The highest BCUT2D eigenvalue weighted by Crippen LogP contribution is 2.35. The number of aromatic amines is 1. The van der Waals surface area contributed by atoms with E-state index < -0.39 is 0 Å². The fraction of sp³-hybridized carbons (Fsp3) is 0.448. The van der Waals surface area contributed by atoms with Gasteiger partial charge in [0.2, 0.25) is 5.91 Å². The highest BCUT2D eigenvalue weighted by atomic mass is 32.2. The fourth-order valence-electron chi connectivity index (χ4n) is 5.28. The number of fused-ring (bicyclic) bond motifs is 1. The molecule has 3 aromatic rings. The number of amides is 1. The average Bonchev–Trinajstić information content (AvgIpc) is 3.59. The molecule has 0 bridgehead atoms. The Morgan fingerprint density at radius 1 is 1.13 bits per heavy atom. The number of aliphatic imine (C=N–C) groups is 1. The lowest BCUT2D eigenvalue weighted by Gasteiger charge is -2.26. The van der Waals surface area contributed by atoms with Gasteiger partial charge in [-0.3, -0.25) is 14.7 Å².